The summed E-state index contributed by atoms with van der Waals surface area (Å²) in [7, 11) is -1.32. The molecule has 0 aromatic heterocycles. The molecule has 2 aromatic rings. The van der Waals surface area contributed by atoms with Crippen LogP contribution in [-0.4, -0.2) is 16.6 Å². The van der Waals surface area contributed by atoms with E-state index in [-0.39, 0.29) is 11.4 Å². The Morgan fingerprint density at radius 1 is 1.16 bits per heavy atom. The Morgan fingerprint density at radius 2 is 1.89 bits per heavy atom. The second kappa shape index (κ2) is 6.33. The van der Waals surface area contributed by atoms with Crippen molar-refractivity contribution >= 4 is 16.5 Å². The highest BCUT2D eigenvalue weighted by atomic mass is 32.2. The van der Waals surface area contributed by atoms with E-state index in [1.54, 1.807) is 0 Å². The number of anilines is 1. The van der Waals surface area contributed by atoms with Crippen molar-refractivity contribution in [2.45, 2.75) is 4.90 Å². The van der Waals surface area contributed by atoms with Crippen LogP contribution in [0.2, 0.25) is 0 Å². The monoisotopic (exact) mass is 279 g/mol. The van der Waals surface area contributed by atoms with Crippen molar-refractivity contribution in [3.05, 3.63) is 54.3 Å². The molecule has 100 valence electrons. The molecule has 2 N–H and O–H groups in total. The Hall–Kier alpha value is -1.88. The van der Waals surface area contributed by atoms with Crippen LogP contribution in [0.5, 0.6) is 5.75 Å². The van der Waals surface area contributed by atoms with Gasteiger partial charge in [-0.3, -0.25) is 4.21 Å². The smallest absolute Gasteiger partial charge is 0.126 e. The minimum Gasteiger partial charge on any atom is -0.493 e. The summed E-state index contributed by atoms with van der Waals surface area (Å²) in [5.74, 6) is 0.531. The van der Waals surface area contributed by atoms with E-state index in [4.69, 9.17) is 10.5 Å². The van der Waals surface area contributed by atoms with Crippen LogP contribution in [0.3, 0.4) is 0 Å². The maximum Gasteiger partial charge on any atom is 0.126 e. The van der Waals surface area contributed by atoms with Gasteiger partial charge in [-0.15, -0.1) is 0 Å². The van der Waals surface area contributed by atoms with E-state index >= 15 is 0 Å². The minimum absolute atomic E-state index is 0.271. The van der Waals surface area contributed by atoms with Gasteiger partial charge in [0, 0.05) is 10.6 Å². The first-order valence-corrected chi connectivity index (χ1v) is 7.09. The van der Waals surface area contributed by atoms with Crippen molar-refractivity contribution in [2.24, 2.45) is 0 Å². The zero-order valence-electron chi connectivity index (χ0n) is 10.2. The summed E-state index contributed by atoms with van der Waals surface area (Å²) < 4.78 is 30.5. The first kappa shape index (κ1) is 13.5. The van der Waals surface area contributed by atoms with Crippen molar-refractivity contribution in [1.82, 2.24) is 0 Å². The third-order valence-electron chi connectivity index (χ3n) is 2.44. The molecule has 0 heterocycles. The van der Waals surface area contributed by atoms with E-state index in [9.17, 15) is 8.60 Å². The standard InChI is InChI=1S/C14H14FNO2S/c15-11-8-12(16)10-14(9-11)19(17)7-6-18-13-4-2-1-3-5-13/h1-5,8-10H,6-7,16H2. The van der Waals surface area contributed by atoms with Crippen LogP contribution < -0.4 is 10.5 Å². The summed E-state index contributed by atoms with van der Waals surface area (Å²) in [4.78, 5) is 0.383. The first-order chi connectivity index (χ1) is 9.15. The van der Waals surface area contributed by atoms with Gasteiger partial charge in [-0.05, 0) is 30.3 Å². The average Bonchev–Trinajstić information content (AvgIpc) is 2.38. The highest BCUT2D eigenvalue weighted by Crippen LogP contribution is 2.15. The molecule has 3 nitrogen and oxygen atoms in total. The van der Waals surface area contributed by atoms with Gasteiger partial charge in [0.25, 0.3) is 0 Å². The molecule has 19 heavy (non-hydrogen) atoms. The molecule has 0 fully saturated rings. The van der Waals surface area contributed by atoms with E-state index in [0.29, 0.717) is 11.5 Å². The van der Waals surface area contributed by atoms with Crippen molar-refractivity contribution < 1.29 is 13.3 Å². The number of nitrogens with two attached hydrogens (primary N) is 1. The highest BCUT2D eigenvalue weighted by molar-refractivity contribution is 7.85. The summed E-state index contributed by atoms with van der Waals surface area (Å²) in [6.45, 7) is 0.299. The van der Waals surface area contributed by atoms with E-state index in [1.807, 2.05) is 30.3 Å². The Labute approximate surface area is 113 Å². The Kier molecular flexibility index (Phi) is 4.52. The predicted octanol–water partition coefficient (Wildman–Crippen LogP) is 2.59. The minimum atomic E-state index is -1.32. The molecule has 2 aromatic carbocycles. The lowest BCUT2D eigenvalue weighted by Gasteiger charge is -2.06. The summed E-state index contributed by atoms with van der Waals surface area (Å²) in [5, 5.41) is 0. The van der Waals surface area contributed by atoms with Gasteiger partial charge in [0.05, 0.1) is 16.6 Å². The maximum absolute atomic E-state index is 13.1. The quantitative estimate of drug-likeness (QED) is 0.856. The van der Waals surface area contributed by atoms with Crippen LogP contribution in [0, 0.1) is 5.82 Å². The second-order valence-corrected chi connectivity index (χ2v) is 5.50. The lowest BCUT2D eigenvalue weighted by atomic mass is 10.3. The number of halogens is 1. The molecule has 0 amide bonds. The van der Waals surface area contributed by atoms with Gasteiger partial charge < -0.3 is 10.5 Å². The zero-order chi connectivity index (χ0) is 13.7. The molecule has 0 bridgehead atoms. The molecule has 0 spiro atoms. The van der Waals surface area contributed by atoms with Crippen molar-refractivity contribution in [1.29, 1.82) is 0 Å². The van der Waals surface area contributed by atoms with Crippen molar-refractivity contribution in [2.75, 3.05) is 18.1 Å². The van der Waals surface area contributed by atoms with Gasteiger partial charge in [0.15, 0.2) is 0 Å². The normalized spacial score (nSPS) is 12.1. The molecule has 0 aliphatic carbocycles. The summed E-state index contributed by atoms with van der Waals surface area (Å²) in [5.41, 5.74) is 5.78. The topological polar surface area (TPSA) is 52.3 Å². The van der Waals surface area contributed by atoms with Crippen LogP contribution in [-0.2, 0) is 10.8 Å². The highest BCUT2D eigenvalue weighted by Gasteiger charge is 2.07. The molecule has 0 saturated heterocycles. The van der Waals surface area contributed by atoms with E-state index in [1.165, 1.54) is 18.2 Å². The van der Waals surface area contributed by atoms with Crippen LogP contribution >= 0.6 is 0 Å². The molecule has 1 atom stereocenters. The molecular weight excluding hydrogens is 265 g/mol. The fourth-order valence-electron chi connectivity index (χ4n) is 1.59. The molecule has 0 radical (unpaired) electrons. The van der Waals surface area contributed by atoms with Crippen LogP contribution in [0.25, 0.3) is 0 Å². The van der Waals surface area contributed by atoms with Gasteiger partial charge >= 0.3 is 0 Å². The number of benzene rings is 2. The third-order valence-corrected chi connectivity index (χ3v) is 3.74. The summed E-state index contributed by atoms with van der Waals surface area (Å²) in [6.07, 6.45) is 0. The Balaban J connectivity index is 1.91. The SMILES string of the molecule is Nc1cc(F)cc(S(=O)CCOc2ccccc2)c1. The number of rotatable bonds is 5. The number of ether oxygens (including phenoxy) is 1. The van der Waals surface area contributed by atoms with Gasteiger partial charge in [0.1, 0.15) is 18.2 Å². The summed E-state index contributed by atoms with van der Waals surface area (Å²) >= 11 is 0. The average molecular weight is 279 g/mol. The van der Waals surface area contributed by atoms with E-state index in [0.717, 1.165) is 5.75 Å². The number of nitrogen functional groups attached to an aromatic ring is 1. The van der Waals surface area contributed by atoms with Gasteiger partial charge in [-0.25, -0.2) is 4.39 Å². The van der Waals surface area contributed by atoms with Crippen LogP contribution in [0.15, 0.2) is 53.4 Å². The van der Waals surface area contributed by atoms with Crippen LogP contribution in [0.4, 0.5) is 10.1 Å². The zero-order valence-corrected chi connectivity index (χ0v) is 11.0. The molecule has 5 heteroatoms. The second-order valence-electron chi connectivity index (χ2n) is 3.93. The fraction of sp³-hybridized carbons (Fsp3) is 0.143. The third kappa shape index (κ3) is 4.06. The molecule has 1 unspecified atom stereocenters. The first-order valence-electron chi connectivity index (χ1n) is 5.77. The lowest BCUT2D eigenvalue weighted by Crippen LogP contribution is -2.09. The molecule has 0 aliphatic rings. The summed E-state index contributed by atoms with van der Waals surface area (Å²) in [6, 6.07) is 13.2. The fourth-order valence-corrected chi connectivity index (χ4v) is 2.57. The van der Waals surface area contributed by atoms with Gasteiger partial charge in [-0.1, -0.05) is 18.2 Å². The Bertz CT molecular complexity index is 555. The lowest BCUT2D eigenvalue weighted by molar-refractivity contribution is 0.342. The maximum atomic E-state index is 13.1. The number of para-hydroxylation sites is 1. The van der Waals surface area contributed by atoms with E-state index in [2.05, 4.69) is 0 Å². The van der Waals surface area contributed by atoms with E-state index < -0.39 is 16.6 Å². The number of hydrogen-bond donors (Lipinski definition) is 1. The number of hydrogen-bond acceptors (Lipinski definition) is 3. The van der Waals surface area contributed by atoms with Crippen LogP contribution in [0.1, 0.15) is 0 Å². The predicted molar refractivity (Wildman–Crippen MR) is 74.0 cm³/mol. The molecule has 0 aliphatic heterocycles. The van der Waals surface area contributed by atoms with Crippen molar-refractivity contribution in [3.63, 3.8) is 0 Å². The van der Waals surface area contributed by atoms with Crippen molar-refractivity contribution in [3.8, 4) is 5.75 Å². The Morgan fingerprint density at radius 3 is 2.58 bits per heavy atom. The molecular formula is C14H14FNO2S. The molecule has 2 rings (SSSR count). The largest absolute Gasteiger partial charge is 0.493 e. The molecule has 0 saturated carbocycles. The van der Waals surface area contributed by atoms with Gasteiger partial charge in [0.2, 0.25) is 0 Å². The van der Waals surface area contributed by atoms with Gasteiger partial charge in [-0.2, -0.15) is 0 Å².